The minimum absolute atomic E-state index is 0.0477. The average molecular weight is 254 g/mol. The molecule has 0 spiro atoms. The van der Waals surface area contributed by atoms with Crippen molar-refractivity contribution in [1.29, 1.82) is 0 Å². The van der Waals surface area contributed by atoms with Crippen LogP contribution in [-0.4, -0.2) is 31.7 Å². The Labute approximate surface area is 103 Å². The van der Waals surface area contributed by atoms with Crippen molar-refractivity contribution in [3.63, 3.8) is 0 Å². The molecular formula is C10H12ClN5O. The molecule has 0 unspecified atom stereocenters. The smallest absolute Gasteiger partial charge is 0.131 e. The van der Waals surface area contributed by atoms with E-state index >= 15 is 0 Å². The number of aromatic nitrogens is 4. The molecule has 6 nitrogen and oxygen atoms in total. The van der Waals surface area contributed by atoms with Crippen LogP contribution in [0.1, 0.15) is 5.69 Å². The first-order valence-corrected chi connectivity index (χ1v) is 5.52. The standard InChI is InChI=1S/C10H12ClN5O/c11-9-2-1-3-10(13-9)12-6-8-7-16(4-5-17)15-14-8/h1-3,7,17H,4-6H2,(H,12,13). The molecule has 2 aromatic heterocycles. The number of rotatable bonds is 5. The Morgan fingerprint density at radius 2 is 2.29 bits per heavy atom. The maximum Gasteiger partial charge on any atom is 0.131 e. The zero-order chi connectivity index (χ0) is 12.1. The van der Waals surface area contributed by atoms with Crippen molar-refractivity contribution >= 4 is 17.4 Å². The predicted octanol–water partition coefficient (Wildman–Crippen LogP) is 0.931. The lowest BCUT2D eigenvalue weighted by Gasteiger charge is -2.02. The van der Waals surface area contributed by atoms with Crippen molar-refractivity contribution in [2.45, 2.75) is 13.1 Å². The molecule has 0 fully saturated rings. The van der Waals surface area contributed by atoms with Crippen LogP contribution in [0.25, 0.3) is 0 Å². The van der Waals surface area contributed by atoms with Crippen molar-refractivity contribution < 1.29 is 5.11 Å². The summed E-state index contributed by atoms with van der Waals surface area (Å²) in [6.45, 7) is 1.01. The molecule has 2 rings (SSSR count). The number of hydrogen-bond acceptors (Lipinski definition) is 5. The minimum atomic E-state index is 0.0477. The normalized spacial score (nSPS) is 10.5. The van der Waals surface area contributed by atoms with Crippen LogP contribution in [0.2, 0.25) is 5.15 Å². The Morgan fingerprint density at radius 1 is 1.41 bits per heavy atom. The monoisotopic (exact) mass is 253 g/mol. The molecule has 17 heavy (non-hydrogen) atoms. The number of halogens is 1. The topological polar surface area (TPSA) is 75.9 Å². The number of hydrogen-bond donors (Lipinski definition) is 2. The second kappa shape index (κ2) is 5.60. The van der Waals surface area contributed by atoms with Gasteiger partial charge in [0.15, 0.2) is 0 Å². The van der Waals surface area contributed by atoms with Gasteiger partial charge in [0.25, 0.3) is 0 Å². The number of nitrogens with zero attached hydrogens (tertiary/aromatic N) is 4. The van der Waals surface area contributed by atoms with Crippen LogP contribution in [0.3, 0.4) is 0 Å². The molecule has 0 aliphatic carbocycles. The maximum absolute atomic E-state index is 8.74. The van der Waals surface area contributed by atoms with Crippen LogP contribution in [0.15, 0.2) is 24.4 Å². The van der Waals surface area contributed by atoms with E-state index in [1.807, 2.05) is 12.1 Å². The first kappa shape index (κ1) is 11.8. The zero-order valence-electron chi connectivity index (χ0n) is 9.04. The highest BCUT2D eigenvalue weighted by Crippen LogP contribution is 2.09. The van der Waals surface area contributed by atoms with Crippen molar-refractivity contribution in [1.82, 2.24) is 20.0 Å². The molecule has 90 valence electrons. The molecule has 0 atom stereocenters. The Kier molecular flexibility index (Phi) is 3.89. The fourth-order valence-corrected chi connectivity index (χ4v) is 1.48. The molecular weight excluding hydrogens is 242 g/mol. The van der Waals surface area contributed by atoms with Crippen LogP contribution >= 0.6 is 11.6 Å². The molecule has 0 aromatic carbocycles. The van der Waals surface area contributed by atoms with Crippen LogP contribution in [-0.2, 0) is 13.1 Å². The van der Waals surface area contributed by atoms with Gasteiger partial charge >= 0.3 is 0 Å². The quantitative estimate of drug-likeness (QED) is 0.776. The highest BCUT2D eigenvalue weighted by atomic mass is 35.5. The van der Waals surface area contributed by atoms with Crippen molar-refractivity contribution in [3.8, 4) is 0 Å². The molecule has 0 aliphatic rings. The fraction of sp³-hybridized carbons (Fsp3) is 0.300. The molecule has 0 aliphatic heterocycles. The summed E-state index contributed by atoms with van der Waals surface area (Å²) in [7, 11) is 0. The van der Waals surface area contributed by atoms with E-state index in [0.717, 1.165) is 5.69 Å². The number of nitrogens with one attached hydrogen (secondary N) is 1. The Bertz CT molecular complexity index is 487. The summed E-state index contributed by atoms with van der Waals surface area (Å²) in [5, 5.41) is 20.1. The van der Waals surface area contributed by atoms with E-state index in [2.05, 4.69) is 20.6 Å². The number of pyridine rings is 1. The number of aliphatic hydroxyl groups excluding tert-OH is 1. The second-order valence-electron chi connectivity index (χ2n) is 3.40. The lowest BCUT2D eigenvalue weighted by molar-refractivity contribution is 0.268. The summed E-state index contributed by atoms with van der Waals surface area (Å²) in [5.41, 5.74) is 0.778. The number of anilines is 1. The Morgan fingerprint density at radius 3 is 3.06 bits per heavy atom. The predicted molar refractivity (Wildman–Crippen MR) is 63.7 cm³/mol. The third-order valence-corrected chi connectivity index (χ3v) is 2.29. The first-order chi connectivity index (χ1) is 8.28. The number of aliphatic hydroxyl groups is 1. The van der Waals surface area contributed by atoms with Crippen LogP contribution in [0.5, 0.6) is 0 Å². The van der Waals surface area contributed by atoms with Crippen LogP contribution in [0.4, 0.5) is 5.82 Å². The van der Waals surface area contributed by atoms with Crippen molar-refractivity contribution in [2.75, 3.05) is 11.9 Å². The highest BCUT2D eigenvalue weighted by molar-refractivity contribution is 6.29. The molecule has 0 saturated heterocycles. The van der Waals surface area contributed by atoms with Gasteiger partial charge in [0.2, 0.25) is 0 Å². The van der Waals surface area contributed by atoms with Gasteiger partial charge in [-0.2, -0.15) is 0 Å². The van der Waals surface area contributed by atoms with Gasteiger partial charge in [0, 0.05) is 0 Å². The molecule has 0 radical (unpaired) electrons. The third-order valence-electron chi connectivity index (χ3n) is 2.08. The largest absolute Gasteiger partial charge is 0.394 e. The molecule has 0 saturated carbocycles. The van der Waals surface area contributed by atoms with E-state index in [4.69, 9.17) is 16.7 Å². The van der Waals surface area contributed by atoms with Gasteiger partial charge in [-0.1, -0.05) is 22.9 Å². The van der Waals surface area contributed by atoms with E-state index in [1.54, 1.807) is 16.9 Å². The highest BCUT2D eigenvalue weighted by Gasteiger charge is 2.01. The fourth-order valence-electron chi connectivity index (χ4n) is 1.32. The van der Waals surface area contributed by atoms with Gasteiger partial charge < -0.3 is 10.4 Å². The second-order valence-corrected chi connectivity index (χ2v) is 3.78. The Balaban J connectivity index is 1.93. The SMILES string of the molecule is OCCn1cc(CNc2cccc(Cl)n2)nn1. The molecule has 2 aromatic rings. The van der Waals surface area contributed by atoms with Crippen molar-refractivity contribution in [2.24, 2.45) is 0 Å². The first-order valence-electron chi connectivity index (χ1n) is 5.14. The van der Waals surface area contributed by atoms with E-state index < -0.39 is 0 Å². The van der Waals surface area contributed by atoms with Gasteiger partial charge in [-0.15, -0.1) is 5.10 Å². The minimum Gasteiger partial charge on any atom is -0.394 e. The Hall–Kier alpha value is -1.66. The molecule has 0 amide bonds. The van der Waals surface area contributed by atoms with Crippen molar-refractivity contribution in [3.05, 3.63) is 35.2 Å². The summed E-state index contributed by atoms with van der Waals surface area (Å²) in [6.07, 6.45) is 1.77. The average Bonchev–Trinajstić information content (AvgIpc) is 2.75. The summed E-state index contributed by atoms with van der Waals surface area (Å²) in [5.74, 6) is 0.689. The maximum atomic E-state index is 8.74. The zero-order valence-corrected chi connectivity index (χ0v) is 9.80. The lowest BCUT2D eigenvalue weighted by atomic mass is 10.4. The summed E-state index contributed by atoms with van der Waals surface area (Å²) < 4.78 is 1.59. The molecule has 2 N–H and O–H groups in total. The van der Waals surface area contributed by atoms with E-state index in [9.17, 15) is 0 Å². The molecule has 0 bridgehead atoms. The van der Waals surface area contributed by atoms with Gasteiger partial charge in [-0.25, -0.2) is 9.67 Å². The summed E-state index contributed by atoms with van der Waals surface area (Å²) in [6, 6.07) is 5.36. The summed E-state index contributed by atoms with van der Waals surface area (Å²) in [4.78, 5) is 4.09. The van der Waals surface area contributed by atoms with Gasteiger partial charge in [0.05, 0.1) is 25.9 Å². The third kappa shape index (κ3) is 3.40. The van der Waals surface area contributed by atoms with E-state index in [1.165, 1.54) is 0 Å². The van der Waals surface area contributed by atoms with Gasteiger partial charge in [-0.05, 0) is 12.1 Å². The van der Waals surface area contributed by atoms with Crippen LogP contribution in [0, 0.1) is 0 Å². The van der Waals surface area contributed by atoms with E-state index in [-0.39, 0.29) is 6.61 Å². The summed E-state index contributed by atoms with van der Waals surface area (Å²) >= 11 is 5.76. The molecule has 7 heteroatoms. The van der Waals surface area contributed by atoms with E-state index in [0.29, 0.717) is 24.1 Å². The van der Waals surface area contributed by atoms with Gasteiger partial charge in [-0.3, -0.25) is 0 Å². The lowest BCUT2D eigenvalue weighted by Crippen LogP contribution is -2.02. The van der Waals surface area contributed by atoms with Gasteiger partial charge in [0.1, 0.15) is 16.7 Å². The van der Waals surface area contributed by atoms with Crippen LogP contribution < -0.4 is 5.32 Å². The molecule has 2 heterocycles.